The molecule has 2 aromatic rings. The van der Waals surface area contributed by atoms with E-state index in [-0.39, 0.29) is 6.10 Å². The first-order valence-electron chi connectivity index (χ1n) is 8.44. The largest absolute Gasteiger partial charge is 0.364 e. The highest BCUT2D eigenvalue weighted by Gasteiger charge is 2.26. The van der Waals surface area contributed by atoms with Crippen LogP contribution < -0.4 is 0 Å². The molecule has 1 saturated heterocycles. The minimum absolute atomic E-state index is 0.0277. The van der Waals surface area contributed by atoms with Gasteiger partial charge in [-0.05, 0) is 42.6 Å². The second-order valence-electron chi connectivity index (χ2n) is 6.19. The van der Waals surface area contributed by atoms with E-state index in [1.54, 1.807) is 0 Å². The van der Waals surface area contributed by atoms with Crippen LogP contribution in [-0.4, -0.2) is 30.6 Å². The molecule has 1 heterocycles. The van der Waals surface area contributed by atoms with Crippen LogP contribution in [0.1, 0.15) is 37.0 Å². The third-order valence-corrected chi connectivity index (χ3v) is 4.62. The number of rotatable bonds is 6. The Morgan fingerprint density at radius 1 is 1.09 bits per heavy atom. The third kappa shape index (κ3) is 4.35. The first kappa shape index (κ1) is 16.5. The molecule has 1 aliphatic heterocycles. The fraction of sp³-hybridized carbons (Fsp3) is 0.400. The van der Waals surface area contributed by atoms with Gasteiger partial charge in [-0.3, -0.25) is 0 Å². The van der Waals surface area contributed by atoms with Crippen LogP contribution in [0.25, 0.3) is 0 Å². The highest BCUT2D eigenvalue weighted by molar-refractivity contribution is 6.30. The Balaban J connectivity index is 1.78. The van der Waals surface area contributed by atoms with Crippen molar-refractivity contribution in [2.24, 2.45) is 0 Å². The van der Waals surface area contributed by atoms with Crippen molar-refractivity contribution >= 4 is 11.6 Å². The summed E-state index contributed by atoms with van der Waals surface area (Å²) in [7, 11) is 0. The van der Waals surface area contributed by atoms with E-state index < -0.39 is 0 Å². The number of halogens is 1. The second-order valence-corrected chi connectivity index (χ2v) is 6.63. The van der Waals surface area contributed by atoms with Gasteiger partial charge in [-0.2, -0.15) is 0 Å². The topological polar surface area (TPSA) is 12.5 Å². The molecular formula is C20H24ClNO. The molecule has 0 spiro atoms. The van der Waals surface area contributed by atoms with E-state index >= 15 is 0 Å². The van der Waals surface area contributed by atoms with Gasteiger partial charge in [0.25, 0.3) is 0 Å². The van der Waals surface area contributed by atoms with Crippen LogP contribution in [0, 0.1) is 0 Å². The van der Waals surface area contributed by atoms with Crippen LogP contribution in [-0.2, 0) is 4.74 Å². The molecule has 2 atom stereocenters. The minimum Gasteiger partial charge on any atom is -0.364 e. The van der Waals surface area contributed by atoms with Crippen LogP contribution in [0.15, 0.2) is 54.6 Å². The van der Waals surface area contributed by atoms with Gasteiger partial charge in [-0.15, -0.1) is 0 Å². The van der Waals surface area contributed by atoms with Crippen LogP contribution in [0.5, 0.6) is 0 Å². The maximum atomic E-state index is 6.52. The maximum absolute atomic E-state index is 6.52. The SMILES string of the molecule is CCCN1CCC(OC(c2ccccc2)c2ccc(Cl)cc2)C1. The van der Waals surface area contributed by atoms with E-state index in [0.29, 0.717) is 6.10 Å². The summed E-state index contributed by atoms with van der Waals surface area (Å²) in [5, 5.41) is 0.760. The monoisotopic (exact) mass is 329 g/mol. The van der Waals surface area contributed by atoms with Gasteiger partial charge in [0.15, 0.2) is 0 Å². The third-order valence-electron chi connectivity index (χ3n) is 4.37. The summed E-state index contributed by atoms with van der Waals surface area (Å²) < 4.78 is 6.52. The first-order chi connectivity index (χ1) is 11.3. The van der Waals surface area contributed by atoms with Gasteiger partial charge in [0.1, 0.15) is 6.10 Å². The van der Waals surface area contributed by atoms with Crippen molar-refractivity contribution in [3.05, 3.63) is 70.7 Å². The molecule has 0 amide bonds. The van der Waals surface area contributed by atoms with Gasteiger partial charge in [-0.1, -0.05) is 61.0 Å². The predicted octanol–water partition coefficient (Wildman–Crippen LogP) is 4.93. The number of likely N-dealkylation sites (tertiary alicyclic amines) is 1. The molecule has 2 nitrogen and oxygen atoms in total. The van der Waals surface area contributed by atoms with Crippen molar-refractivity contribution in [2.75, 3.05) is 19.6 Å². The summed E-state index contributed by atoms with van der Waals surface area (Å²) in [4.78, 5) is 2.49. The fourth-order valence-electron chi connectivity index (χ4n) is 3.23. The number of hydrogen-bond acceptors (Lipinski definition) is 2. The molecule has 0 bridgehead atoms. The van der Waals surface area contributed by atoms with Crippen molar-refractivity contribution in [3.63, 3.8) is 0 Å². The lowest BCUT2D eigenvalue weighted by Gasteiger charge is -2.23. The highest BCUT2D eigenvalue weighted by atomic mass is 35.5. The zero-order valence-corrected chi connectivity index (χ0v) is 14.4. The van der Waals surface area contributed by atoms with E-state index in [0.717, 1.165) is 36.6 Å². The van der Waals surface area contributed by atoms with Crippen molar-refractivity contribution < 1.29 is 4.74 Å². The maximum Gasteiger partial charge on any atom is 0.108 e. The molecule has 0 N–H and O–H groups in total. The Morgan fingerprint density at radius 2 is 1.78 bits per heavy atom. The first-order valence-corrected chi connectivity index (χ1v) is 8.82. The van der Waals surface area contributed by atoms with E-state index in [1.807, 2.05) is 18.2 Å². The summed E-state index contributed by atoms with van der Waals surface area (Å²) in [6, 6.07) is 18.5. The van der Waals surface area contributed by atoms with Gasteiger partial charge >= 0.3 is 0 Å². The molecule has 2 unspecified atom stereocenters. The zero-order valence-electron chi connectivity index (χ0n) is 13.6. The van der Waals surface area contributed by atoms with Gasteiger partial charge in [0.05, 0.1) is 6.10 Å². The number of ether oxygens (including phenoxy) is 1. The van der Waals surface area contributed by atoms with Gasteiger partial charge in [-0.25, -0.2) is 0 Å². The average Bonchev–Trinajstić information content (AvgIpc) is 3.02. The lowest BCUT2D eigenvalue weighted by atomic mass is 10.0. The fourth-order valence-corrected chi connectivity index (χ4v) is 3.36. The Bertz CT molecular complexity index is 599. The molecule has 3 heteroatoms. The molecule has 122 valence electrons. The standard InChI is InChI=1S/C20H24ClNO/c1-2-13-22-14-12-19(15-22)23-20(16-6-4-3-5-7-16)17-8-10-18(21)11-9-17/h3-11,19-20H,2,12-15H2,1H3. The van der Waals surface area contributed by atoms with E-state index in [4.69, 9.17) is 16.3 Å². The Kier molecular flexibility index (Phi) is 5.71. The predicted molar refractivity (Wildman–Crippen MR) is 96.0 cm³/mol. The normalized spacial score (nSPS) is 19.8. The summed E-state index contributed by atoms with van der Waals surface area (Å²) in [6.07, 6.45) is 2.57. The molecule has 2 aromatic carbocycles. The average molecular weight is 330 g/mol. The zero-order chi connectivity index (χ0) is 16.1. The molecule has 1 fully saturated rings. The van der Waals surface area contributed by atoms with Crippen molar-refractivity contribution in [3.8, 4) is 0 Å². The number of hydrogen-bond donors (Lipinski definition) is 0. The summed E-state index contributed by atoms with van der Waals surface area (Å²) in [6.45, 7) is 5.57. The molecule has 0 aliphatic carbocycles. The quantitative estimate of drug-likeness (QED) is 0.745. The highest BCUT2D eigenvalue weighted by Crippen LogP contribution is 2.30. The van der Waals surface area contributed by atoms with E-state index in [2.05, 4.69) is 48.2 Å². The van der Waals surface area contributed by atoms with Crippen molar-refractivity contribution in [1.29, 1.82) is 0 Å². The van der Waals surface area contributed by atoms with Gasteiger partial charge in [0, 0.05) is 18.1 Å². The molecule has 0 aromatic heterocycles. The van der Waals surface area contributed by atoms with Crippen LogP contribution in [0.4, 0.5) is 0 Å². The van der Waals surface area contributed by atoms with E-state index in [9.17, 15) is 0 Å². The van der Waals surface area contributed by atoms with Crippen LogP contribution in [0.2, 0.25) is 5.02 Å². The molecule has 23 heavy (non-hydrogen) atoms. The molecule has 0 saturated carbocycles. The molecule has 3 rings (SSSR count). The Morgan fingerprint density at radius 3 is 2.48 bits per heavy atom. The van der Waals surface area contributed by atoms with Crippen LogP contribution in [0.3, 0.4) is 0 Å². The Hall–Kier alpha value is -1.35. The lowest BCUT2D eigenvalue weighted by Crippen LogP contribution is -2.25. The minimum atomic E-state index is -0.0277. The summed E-state index contributed by atoms with van der Waals surface area (Å²) >= 11 is 6.04. The van der Waals surface area contributed by atoms with Crippen molar-refractivity contribution in [1.82, 2.24) is 4.90 Å². The lowest BCUT2D eigenvalue weighted by molar-refractivity contribution is 0.0143. The number of nitrogens with zero attached hydrogens (tertiary/aromatic N) is 1. The smallest absolute Gasteiger partial charge is 0.108 e. The molecule has 0 radical (unpaired) electrons. The van der Waals surface area contributed by atoms with Crippen LogP contribution >= 0.6 is 11.6 Å². The Labute approximate surface area is 144 Å². The van der Waals surface area contributed by atoms with Gasteiger partial charge in [0.2, 0.25) is 0 Å². The summed E-state index contributed by atoms with van der Waals surface area (Å²) in [5.41, 5.74) is 2.36. The molecular weight excluding hydrogens is 306 g/mol. The number of benzene rings is 2. The summed E-state index contributed by atoms with van der Waals surface area (Å²) in [5.74, 6) is 0. The van der Waals surface area contributed by atoms with E-state index in [1.165, 1.54) is 12.0 Å². The van der Waals surface area contributed by atoms with Gasteiger partial charge < -0.3 is 9.64 Å². The molecule has 1 aliphatic rings. The second kappa shape index (κ2) is 7.96. The van der Waals surface area contributed by atoms with Crippen molar-refractivity contribution in [2.45, 2.75) is 32.0 Å².